The number of carbonyl (C=O) groups is 2. The molecule has 0 spiro atoms. The Kier molecular flexibility index (Phi) is 8.66. The average Bonchev–Trinajstić information content (AvgIpc) is 2.89. The lowest BCUT2D eigenvalue weighted by Crippen LogP contribution is -2.24. The topological polar surface area (TPSA) is 55.8 Å². The number of ketones is 1. The van der Waals surface area contributed by atoms with Crippen LogP contribution in [0.3, 0.4) is 0 Å². The Morgan fingerprint density at radius 2 is 1.96 bits per heavy atom. The standard InChI is InChI=1S/C19H25NO4.ClH/c1-4-18(21)24-13-23-17-9-5-14(6-10-17)11-15-7-8-16(19(15)22)12-20(2)3;/h5-6,9-11,16H,4,7-8,12-13H2,1-3H3;1H. The van der Waals surface area contributed by atoms with Gasteiger partial charge in [-0.2, -0.15) is 0 Å². The molecule has 0 aliphatic heterocycles. The number of Topliss-reactive ketones (excluding diaryl/α,β-unsaturated/α-hetero) is 1. The maximum Gasteiger partial charge on any atom is 0.308 e. The third kappa shape index (κ3) is 6.52. The van der Waals surface area contributed by atoms with Crippen molar-refractivity contribution in [3.05, 3.63) is 35.4 Å². The third-order valence-electron chi connectivity index (χ3n) is 3.99. The van der Waals surface area contributed by atoms with E-state index in [1.165, 1.54) is 0 Å². The molecule has 1 aliphatic rings. The molecule has 2 rings (SSSR count). The van der Waals surface area contributed by atoms with Crippen molar-refractivity contribution in [3.63, 3.8) is 0 Å². The number of benzene rings is 1. The Bertz CT molecular complexity index is 610. The van der Waals surface area contributed by atoms with Crippen LogP contribution in [-0.4, -0.2) is 44.1 Å². The van der Waals surface area contributed by atoms with E-state index in [0.29, 0.717) is 12.2 Å². The number of allylic oxidation sites excluding steroid dienone is 1. The van der Waals surface area contributed by atoms with Crippen molar-refractivity contribution in [2.45, 2.75) is 26.2 Å². The molecule has 1 aromatic rings. The molecule has 138 valence electrons. The minimum absolute atomic E-state index is 0. The number of nitrogens with zero attached hydrogens (tertiary/aromatic N) is 1. The van der Waals surface area contributed by atoms with E-state index in [4.69, 9.17) is 9.47 Å². The summed E-state index contributed by atoms with van der Waals surface area (Å²) >= 11 is 0. The summed E-state index contributed by atoms with van der Waals surface area (Å²) in [4.78, 5) is 25.5. The molecule has 0 radical (unpaired) electrons. The van der Waals surface area contributed by atoms with E-state index in [1.807, 2.05) is 44.4 Å². The van der Waals surface area contributed by atoms with Crippen molar-refractivity contribution in [3.8, 4) is 5.75 Å². The Morgan fingerprint density at radius 3 is 2.56 bits per heavy atom. The summed E-state index contributed by atoms with van der Waals surface area (Å²) in [6.45, 7) is 2.45. The molecule has 1 fully saturated rings. The van der Waals surface area contributed by atoms with E-state index in [-0.39, 0.29) is 36.9 Å². The third-order valence-corrected chi connectivity index (χ3v) is 3.99. The number of carbonyl (C=O) groups excluding carboxylic acids is 2. The average molecular weight is 368 g/mol. The fourth-order valence-corrected chi connectivity index (χ4v) is 2.73. The number of esters is 1. The molecule has 1 unspecified atom stereocenters. The minimum Gasteiger partial charge on any atom is -0.457 e. The van der Waals surface area contributed by atoms with Gasteiger partial charge in [0, 0.05) is 18.9 Å². The van der Waals surface area contributed by atoms with Gasteiger partial charge in [-0.15, -0.1) is 12.4 Å². The highest BCUT2D eigenvalue weighted by Gasteiger charge is 2.29. The summed E-state index contributed by atoms with van der Waals surface area (Å²) < 4.78 is 10.2. The van der Waals surface area contributed by atoms with E-state index in [1.54, 1.807) is 6.92 Å². The first-order valence-corrected chi connectivity index (χ1v) is 8.27. The summed E-state index contributed by atoms with van der Waals surface area (Å²) in [5.74, 6) is 0.713. The van der Waals surface area contributed by atoms with E-state index >= 15 is 0 Å². The summed E-state index contributed by atoms with van der Waals surface area (Å²) in [6, 6.07) is 7.42. The molecule has 1 atom stereocenters. The fraction of sp³-hybridized carbons (Fsp3) is 0.474. The van der Waals surface area contributed by atoms with Crippen LogP contribution in [0.1, 0.15) is 31.7 Å². The Balaban J connectivity index is 0.00000312. The molecular weight excluding hydrogens is 342 g/mol. The van der Waals surface area contributed by atoms with Gasteiger partial charge < -0.3 is 14.4 Å². The van der Waals surface area contributed by atoms with Gasteiger partial charge in [-0.3, -0.25) is 9.59 Å². The summed E-state index contributed by atoms with van der Waals surface area (Å²) in [5.41, 5.74) is 1.87. The molecule has 1 saturated carbocycles. The highest BCUT2D eigenvalue weighted by molar-refractivity contribution is 6.03. The van der Waals surface area contributed by atoms with Gasteiger partial charge in [-0.1, -0.05) is 19.1 Å². The molecule has 1 aliphatic carbocycles. The first kappa shape index (κ1) is 21.2. The van der Waals surface area contributed by atoms with Crippen molar-refractivity contribution in [1.29, 1.82) is 0 Å². The van der Waals surface area contributed by atoms with E-state index in [0.717, 1.165) is 30.5 Å². The van der Waals surface area contributed by atoms with E-state index < -0.39 is 0 Å². The maximum atomic E-state index is 12.4. The summed E-state index contributed by atoms with van der Waals surface area (Å²) in [6.07, 6.45) is 4.05. The molecule has 0 heterocycles. The molecule has 5 nitrogen and oxygen atoms in total. The van der Waals surface area contributed by atoms with E-state index in [9.17, 15) is 9.59 Å². The lowest BCUT2D eigenvalue weighted by Gasteiger charge is -2.13. The van der Waals surface area contributed by atoms with Crippen LogP contribution in [0.5, 0.6) is 5.75 Å². The van der Waals surface area contributed by atoms with Crippen LogP contribution in [0.4, 0.5) is 0 Å². The second-order valence-electron chi connectivity index (χ2n) is 6.23. The van der Waals surface area contributed by atoms with Gasteiger partial charge in [-0.25, -0.2) is 0 Å². The van der Waals surface area contributed by atoms with Gasteiger partial charge in [0.05, 0.1) is 0 Å². The van der Waals surface area contributed by atoms with Crippen LogP contribution in [0.2, 0.25) is 0 Å². The number of rotatable bonds is 7. The predicted octanol–water partition coefficient (Wildman–Crippen LogP) is 3.32. The van der Waals surface area contributed by atoms with Crippen molar-refractivity contribution in [2.24, 2.45) is 5.92 Å². The fourth-order valence-electron chi connectivity index (χ4n) is 2.73. The van der Waals surface area contributed by atoms with Crippen molar-refractivity contribution in [2.75, 3.05) is 27.4 Å². The van der Waals surface area contributed by atoms with Crippen LogP contribution in [-0.2, 0) is 14.3 Å². The molecule has 1 aromatic carbocycles. The van der Waals surface area contributed by atoms with Crippen molar-refractivity contribution >= 4 is 30.2 Å². The number of hydrogen-bond donors (Lipinski definition) is 0. The zero-order chi connectivity index (χ0) is 17.5. The number of halogens is 1. The van der Waals surface area contributed by atoms with E-state index in [2.05, 4.69) is 4.90 Å². The Hall–Kier alpha value is -1.85. The molecule has 0 N–H and O–H groups in total. The predicted molar refractivity (Wildman–Crippen MR) is 99.8 cm³/mol. The highest BCUT2D eigenvalue weighted by Crippen LogP contribution is 2.29. The van der Waals surface area contributed by atoms with Crippen LogP contribution in [0.25, 0.3) is 6.08 Å². The van der Waals surface area contributed by atoms with Crippen molar-refractivity contribution in [1.82, 2.24) is 4.90 Å². The number of hydrogen-bond acceptors (Lipinski definition) is 5. The molecule has 0 aromatic heterocycles. The van der Waals surface area contributed by atoms with Gasteiger partial charge in [0.2, 0.25) is 6.79 Å². The Labute approximate surface area is 155 Å². The molecular formula is C19H26ClNO4. The van der Waals surface area contributed by atoms with Crippen molar-refractivity contribution < 1.29 is 19.1 Å². The lowest BCUT2D eigenvalue weighted by atomic mass is 10.0. The van der Waals surface area contributed by atoms with Crippen LogP contribution >= 0.6 is 12.4 Å². The van der Waals surface area contributed by atoms with Gasteiger partial charge in [0.1, 0.15) is 5.75 Å². The first-order chi connectivity index (χ1) is 11.5. The highest BCUT2D eigenvalue weighted by atomic mass is 35.5. The molecule has 6 heteroatoms. The molecule has 0 bridgehead atoms. The zero-order valence-corrected chi connectivity index (χ0v) is 15.8. The minimum atomic E-state index is -0.289. The Morgan fingerprint density at radius 1 is 1.28 bits per heavy atom. The smallest absolute Gasteiger partial charge is 0.308 e. The second-order valence-corrected chi connectivity index (χ2v) is 6.23. The lowest BCUT2D eigenvalue weighted by molar-refractivity contribution is -0.149. The summed E-state index contributed by atoms with van der Waals surface area (Å²) in [7, 11) is 3.98. The molecule has 25 heavy (non-hydrogen) atoms. The second kappa shape index (κ2) is 10.2. The monoisotopic (exact) mass is 367 g/mol. The van der Waals surface area contributed by atoms with Crippen LogP contribution in [0.15, 0.2) is 29.8 Å². The molecule has 0 amide bonds. The largest absolute Gasteiger partial charge is 0.457 e. The SMILES string of the molecule is CCC(=O)OCOc1ccc(C=C2CCC(CN(C)C)C2=O)cc1.Cl. The first-order valence-electron chi connectivity index (χ1n) is 8.27. The van der Waals surface area contributed by atoms with Gasteiger partial charge >= 0.3 is 5.97 Å². The van der Waals surface area contributed by atoms with Gasteiger partial charge in [-0.05, 0) is 56.3 Å². The normalized spacial score (nSPS) is 18.3. The van der Waals surface area contributed by atoms with Gasteiger partial charge in [0.15, 0.2) is 5.78 Å². The van der Waals surface area contributed by atoms with Gasteiger partial charge in [0.25, 0.3) is 0 Å². The van der Waals surface area contributed by atoms with Crippen LogP contribution in [0, 0.1) is 5.92 Å². The maximum absolute atomic E-state index is 12.4. The zero-order valence-electron chi connectivity index (χ0n) is 15.0. The quantitative estimate of drug-likeness (QED) is 0.420. The molecule has 0 saturated heterocycles. The van der Waals surface area contributed by atoms with Crippen LogP contribution < -0.4 is 4.74 Å². The number of ether oxygens (including phenoxy) is 2. The summed E-state index contributed by atoms with van der Waals surface area (Å²) in [5, 5.41) is 0.